The Morgan fingerprint density at radius 2 is 1.71 bits per heavy atom. The van der Waals surface area contributed by atoms with Gasteiger partial charge in [0.2, 0.25) is 0 Å². The van der Waals surface area contributed by atoms with Gasteiger partial charge in [0.15, 0.2) is 0 Å². The molecule has 0 heterocycles. The van der Waals surface area contributed by atoms with Gasteiger partial charge in [-0.3, -0.25) is 4.79 Å². The van der Waals surface area contributed by atoms with E-state index in [-0.39, 0.29) is 22.9 Å². The van der Waals surface area contributed by atoms with Gasteiger partial charge in [-0.1, -0.05) is 65.8 Å². The lowest BCUT2D eigenvalue weighted by atomic mass is 9.61. The highest BCUT2D eigenvalue weighted by atomic mass is 16.5. The fourth-order valence-electron chi connectivity index (χ4n) is 3.80. The molecule has 24 heavy (non-hydrogen) atoms. The van der Waals surface area contributed by atoms with Crippen LogP contribution in [0.25, 0.3) is 0 Å². The van der Waals surface area contributed by atoms with Crippen molar-refractivity contribution in [3.05, 3.63) is 35.4 Å². The average molecular weight is 331 g/mol. The van der Waals surface area contributed by atoms with Gasteiger partial charge in [-0.2, -0.15) is 0 Å². The number of rotatable bonds is 3. The molecule has 1 aliphatic carbocycles. The summed E-state index contributed by atoms with van der Waals surface area (Å²) < 4.78 is 6.12. The van der Waals surface area contributed by atoms with Gasteiger partial charge in [0.05, 0.1) is 5.41 Å². The predicted octanol–water partition coefficient (Wildman–Crippen LogP) is 6.10. The molecule has 0 radical (unpaired) electrons. The van der Waals surface area contributed by atoms with Crippen LogP contribution in [0.1, 0.15) is 85.0 Å². The zero-order chi connectivity index (χ0) is 18.2. The van der Waals surface area contributed by atoms with Crippen molar-refractivity contribution in [1.82, 2.24) is 0 Å². The summed E-state index contributed by atoms with van der Waals surface area (Å²) in [7, 11) is 0. The van der Waals surface area contributed by atoms with Crippen molar-refractivity contribution >= 4 is 5.97 Å². The SMILES string of the molecule is CC(C)(C)CC(C)(C(=O)OC1CCCc2ccccc21)C(C)(C)C. The lowest BCUT2D eigenvalue weighted by molar-refractivity contribution is -0.171. The van der Waals surface area contributed by atoms with E-state index in [1.54, 1.807) is 0 Å². The second-order valence-corrected chi connectivity index (χ2v) is 9.80. The van der Waals surface area contributed by atoms with E-state index in [4.69, 9.17) is 4.74 Å². The highest BCUT2D eigenvalue weighted by Gasteiger charge is 2.48. The lowest BCUT2D eigenvalue weighted by Crippen LogP contribution is -2.44. The van der Waals surface area contributed by atoms with Crippen molar-refractivity contribution in [2.24, 2.45) is 16.2 Å². The molecule has 2 rings (SSSR count). The summed E-state index contributed by atoms with van der Waals surface area (Å²) in [6.07, 6.45) is 3.82. The number of aryl methyl sites for hydroxylation is 1. The number of benzene rings is 1. The van der Waals surface area contributed by atoms with E-state index in [2.05, 4.69) is 66.7 Å². The molecule has 1 aliphatic rings. The molecule has 0 amide bonds. The monoisotopic (exact) mass is 330 g/mol. The maximum absolute atomic E-state index is 13.2. The molecule has 2 nitrogen and oxygen atoms in total. The lowest BCUT2D eigenvalue weighted by Gasteiger charge is -2.44. The minimum atomic E-state index is -0.502. The van der Waals surface area contributed by atoms with E-state index in [9.17, 15) is 4.79 Å². The van der Waals surface area contributed by atoms with E-state index in [1.807, 2.05) is 6.07 Å². The Labute approximate surface area is 148 Å². The summed E-state index contributed by atoms with van der Waals surface area (Å²) in [6.45, 7) is 15.1. The smallest absolute Gasteiger partial charge is 0.312 e. The zero-order valence-corrected chi connectivity index (χ0v) is 16.5. The number of hydrogen-bond donors (Lipinski definition) is 0. The molecule has 0 aliphatic heterocycles. The van der Waals surface area contributed by atoms with Crippen molar-refractivity contribution in [3.8, 4) is 0 Å². The number of esters is 1. The van der Waals surface area contributed by atoms with Gasteiger partial charge in [0.25, 0.3) is 0 Å². The number of ether oxygens (including phenoxy) is 1. The van der Waals surface area contributed by atoms with Crippen LogP contribution in [0.5, 0.6) is 0 Å². The highest BCUT2D eigenvalue weighted by molar-refractivity contribution is 5.77. The third-order valence-corrected chi connectivity index (χ3v) is 5.55. The minimum Gasteiger partial charge on any atom is -0.457 e. The molecule has 1 aromatic carbocycles. The van der Waals surface area contributed by atoms with Crippen LogP contribution in [0.3, 0.4) is 0 Å². The van der Waals surface area contributed by atoms with Gasteiger partial charge in [0.1, 0.15) is 6.10 Å². The Hall–Kier alpha value is -1.31. The summed E-state index contributed by atoms with van der Waals surface area (Å²) in [5, 5.41) is 0. The molecule has 0 saturated carbocycles. The van der Waals surface area contributed by atoms with Crippen LogP contribution >= 0.6 is 0 Å². The quantitative estimate of drug-likeness (QED) is 0.626. The molecule has 2 atom stereocenters. The van der Waals surface area contributed by atoms with Crippen molar-refractivity contribution in [2.45, 2.75) is 80.3 Å². The van der Waals surface area contributed by atoms with Gasteiger partial charge in [-0.25, -0.2) is 0 Å². The first-order valence-corrected chi connectivity index (χ1v) is 9.23. The van der Waals surface area contributed by atoms with Gasteiger partial charge in [-0.15, -0.1) is 0 Å². The molecule has 2 unspecified atom stereocenters. The van der Waals surface area contributed by atoms with Crippen LogP contribution in [0.2, 0.25) is 0 Å². The Morgan fingerprint density at radius 3 is 2.29 bits per heavy atom. The third kappa shape index (κ3) is 4.02. The van der Waals surface area contributed by atoms with Gasteiger partial charge >= 0.3 is 5.97 Å². The minimum absolute atomic E-state index is 0.0494. The van der Waals surface area contributed by atoms with Gasteiger partial charge in [0, 0.05) is 0 Å². The summed E-state index contributed by atoms with van der Waals surface area (Å²) in [4.78, 5) is 13.2. The largest absolute Gasteiger partial charge is 0.457 e. The Balaban J connectivity index is 2.26. The number of carbonyl (C=O) groups excluding carboxylic acids is 1. The van der Waals surface area contributed by atoms with Crippen molar-refractivity contribution in [3.63, 3.8) is 0 Å². The molecule has 1 aromatic rings. The number of carbonyl (C=O) groups is 1. The molecule has 134 valence electrons. The van der Waals surface area contributed by atoms with Gasteiger partial charge in [-0.05, 0) is 54.6 Å². The fraction of sp³-hybridized carbons (Fsp3) is 0.682. The van der Waals surface area contributed by atoms with Crippen molar-refractivity contribution in [1.29, 1.82) is 0 Å². The Morgan fingerprint density at radius 1 is 1.08 bits per heavy atom. The second-order valence-electron chi connectivity index (χ2n) is 9.80. The zero-order valence-electron chi connectivity index (χ0n) is 16.5. The first kappa shape index (κ1) is 19.0. The molecule has 0 saturated heterocycles. The molecule has 0 fully saturated rings. The molecular weight excluding hydrogens is 296 g/mol. The van der Waals surface area contributed by atoms with Crippen molar-refractivity contribution < 1.29 is 9.53 Å². The van der Waals surface area contributed by atoms with Crippen LogP contribution in [-0.4, -0.2) is 5.97 Å². The van der Waals surface area contributed by atoms with E-state index in [0.717, 1.165) is 25.7 Å². The van der Waals surface area contributed by atoms with Crippen LogP contribution in [0.4, 0.5) is 0 Å². The molecular formula is C22H34O2. The number of fused-ring (bicyclic) bond motifs is 1. The first-order chi connectivity index (χ1) is 10.9. The maximum Gasteiger partial charge on any atom is 0.312 e. The van der Waals surface area contributed by atoms with E-state index < -0.39 is 5.41 Å². The van der Waals surface area contributed by atoms with E-state index in [0.29, 0.717) is 0 Å². The normalized spacial score (nSPS) is 20.9. The first-order valence-electron chi connectivity index (χ1n) is 9.23. The maximum atomic E-state index is 13.2. The summed E-state index contributed by atoms with van der Waals surface area (Å²) in [5.74, 6) is -0.0494. The molecule has 2 heteroatoms. The highest BCUT2D eigenvalue weighted by Crippen LogP contribution is 2.48. The van der Waals surface area contributed by atoms with Crippen LogP contribution < -0.4 is 0 Å². The summed E-state index contributed by atoms with van der Waals surface area (Å²) >= 11 is 0. The molecule has 0 aromatic heterocycles. The Bertz CT molecular complexity index is 589. The summed E-state index contributed by atoms with van der Waals surface area (Å²) in [5.41, 5.74) is 1.95. The van der Waals surface area contributed by atoms with Crippen LogP contribution in [0, 0.1) is 16.2 Å². The van der Waals surface area contributed by atoms with Crippen LogP contribution in [0.15, 0.2) is 24.3 Å². The topological polar surface area (TPSA) is 26.3 Å². The summed E-state index contributed by atoms with van der Waals surface area (Å²) in [6, 6.07) is 8.39. The van der Waals surface area contributed by atoms with E-state index in [1.165, 1.54) is 11.1 Å². The third-order valence-electron chi connectivity index (χ3n) is 5.55. The predicted molar refractivity (Wildman–Crippen MR) is 99.8 cm³/mol. The average Bonchev–Trinajstić information content (AvgIpc) is 2.44. The number of hydrogen-bond acceptors (Lipinski definition) is 2. The molecule has 0 bridgehead atoms. The molecule has 0 spiro atoms. The van der Waals surface area contributed by atoms with Crippen molar-refractivity contribution in [2.75, 3.05) is 0 Å². The second kappa shape index (κ2) is 6.54. The van der Waals surface area contributed by atoms with Crippen LogP contribution in [-0.2, 0) is 16.0 Å². The van der Waals surface area contributed by atoms with Gasteiger partial charge < -0.3 is 4.74 Å². The van der Waals surface area contributed by atoms with E-state index >= 15 is 0 Å². The molecule has 0 N–H and O–H groups in total. The standard InChI is InChI=1S/C22H34O2/c1-20(2,3)15-22(7,21(4,5)6)19(23)24-18-14-10-12-16-11-8-9-13-17(16)18/h8-9,11,13,18H,10,12,14-15H2,1-7H3. The fourth-order valence-corrected chi connectivity index (χ4v) is 3.80. The Kier molecular flexibility index (Phi) is 5.18.